The van der Waals surface area contributed by atoms with Gasteiger partial charge in [0, 0.05) is 19.3 Å². The molecular formula is C9H15F4N. The summed E-state index contributed by atoms with van der Waals surface area (Å²) in [7, 11) is 0. The Morgan fingerprint density at radius 1 is 1.14 bits per heavy atom. The van der Waals surface area contributed by atoms with Crippen molar-refractivity contribution in [3.63, 3.8) is 0 Å². The van der Waals surface area contributed by atoms with Gasteiger partial charge in [0.05, 0.1) is 0 Å². The van der Waals surface area contributed by atoms with Crippen molar-refractivity contribution in [3.05, 3.63) is 12.0 Å². The molecule has 0 radical (unpaired) electrons. The predicted molar refractivity (Wildman–Crippen MR) is 47.4 cm³/mol. The summed E-state index contributed by atoms with van der Waals surface area (Å²) >= 11 is 0. The highest BCUT2D eigenvalue weighted by Crippen LogP contribution is 2.26. The van der Waals surface area contributed by atoms with Gasteiger partial charge in [-0.25, -0.2) is 4.39 Å². The van der Waals surface area contributed by atoms with E-state index >= 15 is 0 Å². The Balaban J connectivity index is 4.38. The zero-order valence-electron chi connectivity index (χ0n) is 8.36. The van der Waals surface area contributed by atoms with Crippen molar-refractivity contribution in [3.8, 4) is 0 Å². The third-order valence-electron chi connectivity index (χ3n) is 1.59. The van der Waals surface area contributed by atoms with Gasteiger partial charge in [0.15, 0.2) is 0 Å². The lowest BCUT2D eigenvalue weighted by Gasteiger charge is -2.19. The number of nitrogens with zero attached hydrogens (tertiary/aromatic N) is 1. The van der Waals surface area contributed by atoms with Gasteiger partial charge in [-0.05, 0) is 12.8 Å². The molecule has 0 aliphatic carbocycles. The lowest BCUT2D eigenvalue weighted by atomic mass is 10.3. The summed E-state index contributed by atoms with van der Waals surface area (Å²) < 4.78 is 48.0. The van der Waals surface area contributed by atoms with Gasteiger partial charge in [-0.3, -0.25) is 0 Å². The molecule has 0 aromatic heterocycles. The van der Waals surface area contributed by atoms with Crippen molar-refractivity contribution < 1.29 is 17.6 Å². The molecule has 0 fully saturated rings. The van der Waals surface area contributed by atoms with E-state index < -0.39 is 12.0 Å². The van der Waals surface area contributed by atoms with Crippen molar-refractivity contribution in [1.82, 2.24) is 4.90 Å². The molecule has 1 nitrogen and oxygen atoms in total. The van der Waals surface area contributed by atoms with Gasteiger partial charge in [-0.1, -0.05) is 13.8 Å². The van der Waals surface area contributed by atoms with Crippen molar-refractivity contribution >= 4 is 0 Å². The standard InChI is InChI=1S/C9H15F4N/c1-3-5-14(6-4-2)7-8(10)9(11,12)13/h7H,3-6H2,1-2H3/b8-7-. The van der Waals surface area contributed by atoms with Crippen LogP contribution in [0, 0.1) is 0 Å². The Kier molecular flexibility index (Phi) is 5.57. The summed E-state index contributed by atoms with van der Waals surface area (Å²) in [5.41, 5.74) is 0. The molecule has 0 amide bonds. The Labute approximate surface area is 81.4 Å². The molecule has 0 spiro atoms. The van der Waals surface area contributed by atoms with Crippen molar-refractivity contribution in [2.24, 2.45) is 0 Å². The predicted octanol–water partition coefficient (Wildman–Crippen LogP) is 3.48. The Morgan fingerprint density at radius 2 is 1.57 bits per heavy atom. The average Bonchev–Trinajstić information content (AvgIpc) is 2.03. The molecule has 0 aromatic carbocycles. The van der Waals surface area contributed by atoms with Crippen molar-refractivity contribution in [1.29, 1.82) is 0 Å². The lowest BCUT2D eigenvalue weighted by Crippen LogP contribution is -2.22. The smallest absolute Gasteiger partial charge is 0.375 e. The van der Waals surface area contributed by atoms with E-state index in [2.05, 4.69) is 0 Å². The summed E-state index contributed by atoms with van der Waals surface area (Å²) in [6.45, 7) is 4.55. The summed E-state index contributed by atoms with van der Waals surface area (Å²) in [6, 6.07) is 0. The maximum Gasteiger partial charge on any atom is 0.444 e. The highest BCUT2D eigenvalue weighted by molar-refractivity contribution is 4.98. The van der Waals surface area contributed by atoms with E-state index in [4.69, 9.17) is 0 Å². The van der Waals surface area contributed by atoms with Crippen LogP contribution in [0.25, 0.3) is 0 Å². The largest absolute Gasteiger partial charge is 0.444 e. The van der Waals surface area contributed by atoms with Crippen LogP contribution in [0.2, 0.25) is 0 Å². The number of rotatable bonds is 5. The molecule has 84 valence electrons. The van der Waals surface area contributed by atoms with Gasteiger partial charge in [0.25, 0.3) is 0 Å². The number of halogens is 4. The molecule has 0 aromatic rings. The minimum atomic E-state index is -4.86. The van der Waals surface area contributed by atoms with Gasteiger partial charge in [0.2, 0.25) is 5.83 Å². The molecular weight excluding hydrogens is 198 g/mol. The second-order valence-electron chi connectivity index (χ2n) is 3.01. The summed E-state index contributed by atoms with van der Waals surface area (Å²) in [6.07, 6.45) is -2.92. The minimum Gasteiger partial charge on any atom is -0.375 e. The normalized spacial score (nSPS) is 13.1. The van der Waals surface area contributed by atoms with Gasteiger partial charge in [-0.2, -0.15) is 13.2 Å². The molecule has 0 aliphatic rings. The zero-order chi connectivity index (χ0) is 11.2. The van der Waals surface area contributed by atoms with E-state index in [1.165, 1.54) is 4.90 Å². The first kappa shape index (κ1) is 13.3. The van der Waals surface area contributed by atoms with E-state index in [9.17, 15) is 17.6 Å². The van der Waals surface area contributed by atoms with Gasteiger partial charge >= 0.3 is 6.18 Å². The number of allylic oxidation sites excluding steroid dienone is 1. The van der Waals surface area contributed by atoms with Crippen LogP contribution in [0.5, 0.6) is 0 Å². The monoisotopic (exact) mass is 213 g/mol. The Bertz CT molecular complexity index is 180. The molecule has 0 heterocycles. The zero-order valence-corrected chi connectivity index (χ0v) is 8.36. The van der Waals surface area contributed by atoms with E-state index in [1.807, 2.05) is 13.8 Å². The van der Waals surface area contributed by atoms with Crippen molar-refractivity contribution in [2.45, 2.75) is 32.9 Å². The fourth-order valence-electron chi connectivity index (χ4n) is 1.05. The second-order valence-corrected chi connectivity index (χ2v) is 3.01. The van der Waals surface area contributed by atoms with Crippen LogP contribution in [0.1, 0.15) is 26.7 Å². The minimum absolute atomic E-state index is 0.442. The molecule has 0 saturated carbocycles. The number of hydrogen-bond acceptors (Lipinski definition) is 1. The topological polar surface area (TPSA) is 3.24 Å². The second kappa shape index (κ2) is 5.88. The first-order chi connectivity index (χ1) is 6.41. The molecule has 0 unspecified atom stereocenters. The fourth-order valence-corrected chi connectivity index (χ4v) is 1.05. The van der Waals surface area contributed by atoms with Crippen LogP contribution in [0.3, 0.4) is 0 Å². The molecule has 14 heavy (non-hydrogen) atoms. The SMILES string of the molecule is CCCN(/C=C(\F)C(F)(F)F)CCC. The van der Waals surface area contributed by atoms with Gasteiger partial charge < -0.3 is 4.90 Å². The van der Waals surface area contributed by atoms with E-state index in [0.717, 1.165) is 0 Å². The summed E-state index contributed by atoms with van der Waals surface area (Å²) in [4.78, 5) is 1.35. The highest BCUT2D eigenvalue weighted by atomic mass is 19.4. The summed E-state index contributed by atoms with van der Waals surface area (Å²) in [5, 5.41) is 0. The average molecular weight is 213 g/mol. The van der Waals surface area contributed by atoms with Crippen molar-refractivity contribution in [2.75, 3.05) is 13.1 Å². The van der Waals surface area contributed by atoms with Crippen LogP contribution in [-0.2, 0) is 0 Å². The number of hydrogen-bond donors (Lipinski definition) is 0. The van der Waals surface area contributed by atoms with Crippen LogP contribution in [0.4, 0.5) is 17.6 Å². The first-order valence-electron chi connectivity index (χ1n) is 4.60. The molecule has 0 N–H and O–H groups in total. The third-order valence-corrected chi connectivity index (χ3v) is 1.59. The third kappa shape index (κ3) is 5.09. The molecule has 0 saturated heterocycles. The molecule has 0 rings (SSSR count). The molecule has 0 bridgehead atoms. The maximum atomic E-state index is 12.5. The van der Waals surface area contributed by atoms with Crippen LogP contribution >= 0.6 is 0 Å². The molecule has 0 aliphatic heterocycles. The van der Waals surface area contributed by atoms with E-state index in [1.54, 1.807) is 0 Å². The quantitative estimate of drug-likeness (QED) is 0.632. The Morgan fingerprint density at radius 3 is 1.86 bits per heavy atom. The highest BCUT2D eigenvalue weighted by Gasteiger charge is 2.34. The van der Waals surface area contributed by atoms with Gasteiger partial charge in [0.1, 0.15) is 0 Å². The van der Waals surface area contributed by atoms with Crippen LogP contribution in [0.15, 0.2) is 12.0 Å². The lowest BCUT2D eigenvalue weighted by molar-refractivity contribution is -0.110. The first-order valence-corrected chi connectivity index (χ1v) is 4.60. The van der Waals surface area contributed by atoms with Crippen LogP contribution < -0.4 is 0 Å². The maximum absolute atomic E-state index is 12.5. The molecule has 5 heteroatoms. The van der Waals surface area contributed by atoms with Crippen LogP contribution in [-0.4, -0.2) is 24.2 Å². The fraction of sp³-hybridized carbons (Fsp3) is 0.778. The molecule has 0 atom stereocenters. The van der Waals surface area contributed by atoms with E-state index in [-0.39, 0.29) is 0 Å². The Hall–Kier alpha value is -0.740. The van der Waals surface area contributed by atoms with Gasteiger partial charge in [-0.15, -0.1) is 0 Å². The summed E-state index contributed by atoms with van der Waals surface area (Å²) in [5.74, 6) is -2.03. The van der Waals surface area contributed by atoms with E-state index in [0.29, 0.717) is 32.1 Å². The number of alkyl halides is 3.